The van der Waals surface area contributed by atoms with Gasteiger partial charge in [-0.1, -0.05) is 32.4 Å². The van der Waals surface area contributed by atoms with Crippen molar-refractivity contribution in [2.75, 3.05) is 19.0 Å². The molecular weight excluding hydrogens is 422 g/mol. The molecule has 1 aromatic carbocycles. The van der Waals surface area contributed by atoms with E-state index in [1.54, 1.807) is 19.1 Å². The number of likely N-dealkylation sites (tertiary alicyclic amines) is 1. The third-order valence-corrected chi connectivity index (χ3v) is 11.0. The van der Waals surface area contributed by atoms with Gasteiger partial charge in [-0.05, 0) is 42.8 Å². The highest BCUT2D eigenvalue weighted by molar-refractivity contribution is 6.74. The number of rotatable bonds is 4. The predicted octanol–water partition coefficient (Wildman–Crippen LogP) is 4.69. The number of amides is 2. The van der Waals surface area contributed by atoms with Gasteiger partial charge in [0.1, 0.15) is 12.1 Å². The van der Waals surface area contributed by atoms with Crippen LogP contribution in [-0.2, 0) is 14.0 Å². The van der Waals surface area contributed by atoms with Crippen LogP contribution < -0.4 is 5.32 Å². The zero-order valence-corrected chi connectivity index (χ0v) is 20.4. The lowest BCUT2D eigenvalue weighted by Crippen LogP contribution is -2.45. The number of carbonyl (C=O) groups excluding carboxylic acids is 2. The first-order valence-electron chi connectivity index (χ1n) is 9.85. The van der Waals surface area contributed by atoms with Gasteiger partial charge < -0.3 is 19.4 Å². The molecule has 0 aliphatic carbocycles. The summed E-state index contributed by atoms with van der Waals surface area (Å²) in [6, 6.07) is 4.04. The summed E-state index contributed by atoms with van der Waals surface area (Å²) < 4.78 is 11.4. The standard InChI is InChI=1S/C21H30ClN3O4Si/c1-13-16(9-8-14(11-23)18(13)22)24-20(27)25-12-15(10-17(25)19(26)28-5)29-30(6,7)21(2,3)4/h8-9,15,17H,10,12H2,1-7H3,(H,24,27)/t15-,17+/m1/s1. The number of ether oxygens (including phenoxy) is 1. The van der Waals surface area contributed by atoms with Gasteiger partial charge in [0, 0.05) is 18.7 Å². The van der Waals surface area contributed by atoms with E-state index in [0.29, 0.717) is 34.8 Å². The van der Waals surface area contributed by atoms with Crippen LogP contribution >= 0.6 is 11.6 Å². The summed E-state index contributed by atoms with van der Waals surface area (Å²) in [5, 5.41) is 12.2. The largest absolute Gasteiger partial charge is 0.467 e. The van der Waals surface area contributed by atoms with Crippen molar-refractivity contribution in [3.8, 4) is 6.07 Å². The fourth-order valence-electron chi connectivity index (χ4n) is 3.15. The smallest absolute Gasteiger partial charge is 0.328 e. The van der Waals surface area contributed by atoms with Crippen LogP contribution in [0.4, 0.5) is 10.5 Å². The second-order valence-corrected chi connectivity index (χ2v) is 14.2. The minimum absolute atomic E-state index is 0.0137. The molecule has 2 rings (SSSR count). The van der Waals surface area contributed by atoms with E-state index >= 15 is 0 Å². The van der Waals surface area contributed by atoms with Crippen molar-refractivity contribution in [3.63, 3.8) is 0 Å². The van der Waals surface area contributed by atoms with Crippen molar-refractivity contribution in [2.45, 2.75) is 64.4 Å². The summed E-state index contributed by atoms with van der Waals surface area (Å²) in [6.07, 6.45) is 0.145. The van der Waals surface area contributed by atoms with E-state index in [1.807, 2.05) is 6.07 Å². The number of hydrogen-bond donors (Lipinski definition) is 1. The molecule has 9 heteroatoms. The highest BCUT2D eigenvalue weighted by Gasteiger charge is 2.46. The Morgan fingerprint density at radius 1 is 1.33 bits per heavy atom. The molecular formula is C21H30ClN3O4Si. The molecule has 1 heterocycles. The van der Waals surface area contributed by atoms with Gasteiger partial charge in [-0.15, -0.1) is 0 Å². The van der Waals surface area contributed by atoms with Crippen LogP contribution in [0, 0.1) is 18.3 Å². The molecule has 2 atom stereocenters. The second-order valence-electron chi connectivity index (χ2n) is 9.07. The molecule has 164 valence electrons. The number of halogens is 1. The van der Waals surface area contributed by atoms with Crippen molar-refractivity contribution in [1.82, 2.24) is 4.90 Å². The molecule has 2 amide bonds. The molecule has 0 unspecified atom stereocenters. The molecule has 0 aromatic heterocycles. The zero-order valence-electron chi connectivity index (χ0n) is 18.6. The number of nitrogens with zero attached hydrogens (tertiary/aromatic N) is 2. The Morgan fingerprint density at radius 3 is 2.50 bits per heavy atom. The first kappa shape index (κ1) is 24.2. The van der Waals surface area contributed by atoms with Gasteiger partial charge in [0.15, 0.2) is 8.32 Å². The van der Waals surface area contributed by atoms with Gasteiger partial charge >= 0.3 is 12.0 Å². The van der Waals surface area contributed by atoms with Crippen LogP contribution in [-0.4, -0.2) is 51.0 Å². The number of nitrogens with one attached hydrogen (secondary N) is 1. The Hall–Kier alpha value is -2.08. The minimum Gasteiger partial charge on any atom is -0.467 e. The molecule has 30 heavy (non-hydrogen) atoms. The van der Waals surface area contributed by atoms with E-state index in [4.69, 9.17) is 26.0 Å². The maximum absolute atomic E-state index is 13.0. The lowest BCUT2D eigenvalue weighted by Gasteiger charge is -2.38. The highest BCUT2D eigenvalue weighted by Crippen LogP contribution is 2.39. The Labute approximate surface area is 184 Å². The summed E-state index contributed by atoms with van der Waals surface area (Å²) in [5.41, 5.74) is 1.41. The van der Waals surface area contributed by atoms with E-state index in [1.165, 1.54) is 12.0 Å². The normalized spacial score (nSPS) is 19.4. The Morgan fingerprint density at radius 2 is 1.97 bits per heavy atom. The minimum atomic E-state index is -2.07. The van der Waals surface area contributed by atoms with Crippen molar-refractivity contribution < 1.29 is 18.8 Å². The van der Waals surface area contributed by atoms with E-state index in [9.17, 15) is 9.59 Å². The maximum atomic E-state index is 13.0. The molecule has 1 N–H and O–H groups in total. The zero-order chi connectivity index (χ0) is 22.9. The van der Waals surface area contributed by atoms with Gasteiger partial charge in [-0.3, -0.25) is 0 Å². The summed E-state index contributed by atoms with van der Waals surface area (Å²) in [5.74, 6) is -0.471. The van der Waals surface area contributed by atoms with Crippen molar-refractivity contribution >= 4 is 37.6 Å². The first-order valence-corrected chi connectivity index (χ1v) is 13.1. The fourth-order valence-corrected chi connectivity index (χ4v) is 4.72. The number of hydrogen-bond acceptors (Lipinski definition) is 5. The van der Waals surface area contributed by atoms with Crippen LogP contribution in [0.5, 0.6) is 0 Å². The molecule has 1 aliphatic rings. The van der Waals surface area contributed by atoms with E-state index in [0.717, 1.165) is 0 Å². The number of nitriles is 1. The second kappa shape index (κ2) is 8.96. The van der Waals surface area contributed by atoms with Gasteiger partial charge in [-0.25, -0.2) is 9.59 Å². The summed E-state index contributed by atoms with van der Waals surface area (Å²) in [4.78, 5) is 26.8. The molecule has 1 fully saturated rings. The molecule has 1 aromatic rings. The van der Waals surface area contributed by atoms with Gasteiger partial charge in [0.25, 0.3) is 0 Å². The molecule has 0 spiro atoms. The van der Waals surface area contributed by atoms with E-state index < -0.39 is 26.4 Å². The van der Waals surface area contributed by atoms with Crippen LogP contribution in [0.1, 0.15) is 38.3 Å². The number of urea groups is 1. The number of methoxy groups -OCH3 is 1. The summed E-state index contributed by atoms with van der Waals surface area (Å²) in [6.45, 7) is 12.7. The van der Waals surface area contributed by atoms with Crippen molar-refractivity contribution in [2.24, 2.45) is 0 Å². The van der Waals surface area contributed by atoms with E-state index in [-0.39, 0.29) is 11.1 Å². The number of carbonyl (C=O) groups is 2. The lowest BCUT2D eigenvalue weighted by atomic mass is 10.1. The third kappa shape index (κ3) is 4.97. The maximum Gasteiger partial charge on any atom is 0.328 e. The number of esters is 1. The fraction of sp³-hybridized carbons (Fsp3) is 0.571. The topological polar surface area (TPSA) is 91.7 Å². The highest BCUT2D eigenvalue weighted by atomic mass is 35.5. The van der Waals surface area contributed by atoms with E-state index in [2.05, 4.69) is 39.2 Å². The van der Waals surface area contributed by atoms with Crippen LogP contribution in [0.2, 0.25) is 23.2 Å². The average Bonchev–Trinajstić information content (AvgIpc) is 3.07. The van der Waals surface area contributed by atoms with Crippen LogP contribution in [0.15, 0.2) is 12.1 Å². The summed E-state index contributed by atoms with van der Waals surface area (Å²) in [7, 11) is -0.758. The Balaban J connectivity index is 2.23. The third-order valence-electron chi connectivity index (χ3n) is 6.01. The number of benzene rings is 1. The molecule has 1 saturated heterocycles. The lowest BCUT2D eigenvalue weighted by molar-refractivity contribution is -0.144. The van der Waals surface area contributed by atoms with Crippen LogP contribution in [0.3, 0.4) is 0 Å². The SMILES string of the molecule is COC(=O)[C@@H]1C[C@@H](O[Si](C)(C)C(C)(C)C)CN1C(=O)Nc1ccc(C#N)c(Cl)c1C. The summed E-state index contributed by atoms with van der Waals surface area (Å²) >= 11 is 6.20. The Bertz CT molecular complexity index is 876. The van der Waals surface area contributed by atoms with Crippen molar-refractivity contribution in [3.05, 3.63) is 28.3 Å². The molecule has 0 radical (unpaired) electrons. The average molecular weight is 452 g/mol. The van der Waals surface area contributed by atoms with Gasteiger partial charge in [-0.2, -0.15) is 5.26 Å². The molecule has 7 nitrogen and oxygen atoms in total. The van der Waals surface area contributed by atoms with Crippen LogP contribution in [0.25, 0.3) is 0 Å². The molecule has 0 bridgehead atoms. The van der Waals surface area contributed by atoms with Crippen molar-refractivity contribution in [1.29, 1.82) is 5.26 Å². The van der Waals surface area contributed by atoms with Gasteiger partial charge in [0.05, 0.1) is 23.8 Å². The Kier molecular flexibility index (Phi) is 7.23. The molecule has 1 aliphatic heterocycles. The monoisotopic (exact) mass is 451 g/mol. The quantitative estimate of drug-likeness (QED) is 0.529. The number of anilines is 1. The predicted molar refractivity (Wildman–Crippen MR) is 119 cm³/mol. The van der Waals surface area contributed by atoms with Gasteiger partial charge in [0.2, 0.25) is 0 Å². The molecule has 0 saturated carbocycles. The first-order chi connectivity index (χ1) is 13.8.